The minimum Gasteiger partial charge on any atom is -0.413 e. The first-order valence-electron chi connectivity index (χ1n) is 8.69. The molecule has 0 aliphatic carbocycles. The zero-order chi connectivity index (χ0) is 17.4. The van der Waals surface area contributed by atoms with Crippen LogP contribution in [0.15, 0.2) is 18.6 Å². The van der Waals surface area contributed by atoms with E-state index in [-0.39, 0.29) is 11.1 Å². The van der Waals surface area contributed by atoms with Gasteiger partial charge in [0, 0.05) is 25.3 Å². The molecule has 2 aromatic rings. The number of aromatic amines is 1. The molecule has 3 N–H and O–H groups in total. The Kier molecular flexibility index (Phi) is 4.68. The zero-order valence-corrected chi connectivity index (χ0v) is 16.3. The number of piperidine rings is 1. The van der Waals surface area contributed by atoms with E-state index >= 15 is 0 Å². The van der Waals surface area contributed by atoms with Crippen molar-refractivity contribution in [2.24, 2.45) is 0 Å². The van der Waals surface area contributed by atoms with Crippen molar-refractivity contribution in [3.8, 4) is 0 Å². The lowest BCUT2D eigenvalue weighted by atomic mass is 10.1. The van der Waals surface area contributed by atoms with Gasteiger partial charge in [-0.25, -0.2) is 9.97 Å². The SMILES string of the molecule is CC(C)(C)[Si](C)(C)O[C@H]1CNC[C@H](Nc2ncnc3[nH]ccc23)C1. The molecule has 132 valence electrons. The van der Waals surface area contributed by atoms with Gasteiger partial charge in [-0.05, 0) is 30.6 Å². The van der Waals surface area contributed by atoms with Crippen LogP contribution in [0.25, 0.3) is 11.0 Å². The summed E-state index contributed by atoms with van der Waals surface area (Å²) in [6.07, 6.45) is 4.74. The lowest BCUT2D eigenvalue weighted by Gasteiger charge is -2.41. The second-order valence-corrected chi connectivity index (χ2v) is 13.0. The van der Waals surface area contributed by atoms with Crippen molar-refractivity contribution in [3.63, 3.8) is 0 Å². The highest BCUT2D eigenvalue weighted by molar-refractivity contribution is 6.74. The summed E-state index contributed by atoms with van der Waals surface area (Å²) in [5, 5.41) is 8.34. The number of hydrogen-bond donors (Lipinski definition) is 3. The lowest BCUT2D eigenvalue weighted by Crippen LogP contribution is -2.52. The van der Waals surface area contributed by atoms with Gasteiger partial charge in [0.05, 0.1) is 11.5 Å². The maximum Gasteiger partial charge on any atom is 0.192 e. The second-order valence-electron chi connectivity index (χ2n) is 8.20. The van der Waals surface area contributed by atoms with E-state index in [0.717, 1.165) is 36.4 Å². The maximum atomic E-state index is 6.58. The smallest absolute Gasteiger partial charge is 0.192 e. The van der Waals surface area contributed by atoms with Gasteiger partial charge in [0.15, 0.2) is 8.32 Å². The van der Waals surface area contributed by atoms with Crippen LogP contribution < -0.4 is 10.6 Å². The minimum absolute atomic E-state index is 0.233. The van der Waals surface area contributed by atoms with Crippen LogP contribution in [-0.2, 0) is 4.43 Å². The number of nitrogens with zero attached hydrogens (tertiary/aromatic N) is 2. The summed E-state index contributed by atoms with van der Waals surface area (Å²) < 4.78 is 6.58. The van der Waals surface area contributed by atoms with Crippen molar-refractivity contribution >= 4 is 25.2 Å². The molecule has 1 aliphatic rings. The average molecular weight is 348 g/mol. The highest BCUT2D eigenvalue weighted by Gasteiger charge is 2.40. The molecule has 0 radical (unpaired) electrons. The summed E-state index contributed by atoms with van der Waals surface area (Å²) in [7, 11) is -1.75. The number of hydrogen-bond acceptors (Lipinski definition) is 5. The van der Waals surface area contributed by atoms with Crippen molar-refractivity contribution in [2.45, 2.75) is 57.5 Å². The van der Waals surface area contributed by atoms with E-state index in [1.165, 1.54) is 0 Å². The molecule has 0 aromatic carbocycles. The van der Waals surface area contributed by atoms with E-state index in [1.54, 1.807) is 6.33 Å². The molecule has 0 amide bonds. The molecule has 0 bridgehead atoms. The van der Waals surface area contributed by atoms with Gasteiger partial charge in [-0.2, -0.15) is 0 Å². The van der Waals surface area contributed by atoms with Gasteiger partial charge in [0.25, 0.3) is 0 Å². The van der Waals surface area contributed by atoms with Crippen LogP contribution in [-0.4, -0.2) is 48.5 Å². The fourth-order valence-electron chi connectivity index (χ4n) is 2.88. The van der Waals surface area contributed by atoms with Gasteiger partial charge in [-0.15, -0.1) is 0 Å². The molecule has 1 fully saturated rings. The molecular weight excluding hydrogens is 318 g/mol. The lowest BCUT2D eigenvalue weighted by molar-refractivity contribution is 0.143. The number of aromatic nitrogens is 3. The van der Waals surface area contributed by atoms with E-state index < -0.39 is 8.32 Å². The van der Waals surface area contributed by atoms with Crippen LogP contribution >= 0.6 is 0 Å². The van der Waals surface area contributed by atoms with E-state index in [1.807, 2.05) is 12.3 Å². The molecule has 7 heteroatoms. The predicted octanol–water partition coefficient (Wildman–Crippen LogP) is 3.12. The first-order valence-corrected chi connectivity index (χ1v) is 11.6. The fraction of sp³-hybridized carbons (Fsp3) is 0.647. The van der Waals surface area contributed by atoms with Crippen LogP contribution in [0.5, 0.6) is 0 Å². The van der Waals surface area contributed by atoms with Crippen molar-refractivity contribution in [2.75, 3.05) is 18.4 Å². The Morgan fingerprint density at radius 2 is 2.04 bits per heavy atom. The predicted molar refractivity (Wildman–Crippen MR) is 101 cm³/mol. The molecule has 2 aromatic heterocycles. The van der Waals surface area contributed by atoms with Gasteiger partial charge in [-0.1, -0.05) is 20.8 Å². The number of H-pyrrole nitrogens is 1. The average Bonchev–Trinajstić information content (AvgIpc) is 2.95. The Balaban J connectivity index is 1.67. The monoisotopic (exact) mass is 347 g/mol. The van der Waals surface area contributed by atoms with Crippen LogP contribution in [0.3, 0.4) is 0 Å². The number of fused-ring (bicyclic) bond motifs is 1. The number of rotatable bonds is 4. The summed E-state index contributed by atoms with van der Waals surface area (Å²) >= 11 is 0. The normalized spacial score (nSPS) is 22.7. The van der Waals surface area contributed by atoms with Gasteiger partial charge in [-0.3, -0.25) is 0 Å². The molecule has 6 nitrogen and oxygen atoms in total. The first-order chi connectivity index (χ1) is 11.3. The fourth-order valence-corrected chi connectivity index (χ4v) is 4.24. The third kappa shape index (κ3) is 3.63. The Hall–Kier alpha value is -1.44. The Bertz CT molecular complexity index is 694. The highest BCUT2D eigenvalue weighted by atomic mass is 28.4. The summed E-state index contributed by atoms with van der Waals surface area (Å²) in [6.45, 7) is 13.3. The van der Waals surface area contributed by atoms with Crippen LogP contribution in [0.1, 0.15) is 27.2 Å². The van der Waals surface area contributed by atoms with Crippen molar-refractivity contribution in [3.05, 3.63) is 18.6 Å². The third-order valence-electron chi connectivity index (χ3n) is 5.27. The highest BCUT2D eigenvalue weighted by Crippen LogP contribution is 2.38. The van der Waals surface area contributed by atoms with Crippen molar-refractivity contribution in [1.29, 1.82) is 0 Å². The van der Waals surface area contributed by atoms with Crippen LogP contribution in [0.2, 0.25) is 18.1 Å². The molecule has 1 saturated heterocycles. The summed E-state index contributed by atoms with van der Waals surface area (Å²) in [5.74, 6) is 0.890. The molecule has 0 saturated carbocycles. The van der Waals surface area contributed by atoms with Crippen molar-refractivity contribution < 1.29 is 4.43 Å². The van der Waals surface area contributed by atoms with Gasteiger partial charge < -0.3 is 20.0 Å². The van der Waals surface area contributed by atoms with Gasteiger partial charge >= 0.3 is 0 Å². The van der Waals surface area contributed by atoms with E-state index in [0.29, 0.717) is 6.04 Å². The largest absolute Gasteiger partial charge is 0.413 e. The molecule has 0 spiro atoms. The zero-order valence-electron chi connectivity index (χ0n) is 15.3. The van der Waals surface area contributed by atoms with Crippen LogP contribution in [0.4, 0.5) is 5.82 Å². The Labute approximate surface area is 144 Å². The van der Waals surface area contributed by atoms with E-state index in [9.17, 15) is 0 Å². The number of anilines is 1. The quantitative estimate of drug-likeness (QED) is 0.741. The summed E-state index contributed by atoms with van der Waals surface area (Å²) in [4.78, 5) is 11.8. The van der Waals surface area contributed by atoms with Gasteiger partial charge in [0.2, 0.25) is 0 Å². The summed E-state index contributed by atoms with van der Waals surface area (Å²) in [5.41, 5.74) is 0.866. The topological polar surface area (TPSA) is 74.9 Å². The van der Waals surface area contributed by atoms with E-state index in [4.69, 9.17) is 4.43 Å². The molecule has 0 unspecified atom stereocenters. The third-order valence-corrected chi connectivity index (χ3v) is 9.81. The Morgan fingerprint density at radius 1 is 1.25 bits per heavy atom. The minimum atomic E-state index is -1.75. The molecule has 24 heavy (non-hydrogen) atoms. The molecule has 2 atom stereocenters. The van der Waals surface area contributed by atoms with Crippen molar-refractivity contribution in [1.82, 2.24) is 20.3 Å². The number of nitrogens with one attached hydrogen (secondary N) is 3. The van der Waals surface area contributed by atoms with E-state index in [2.05, 4.69) is 59.5 Å². The molecule has 3 heterocycles. The molecule has 1 aliphatic heterocycles. The first kappa shape index (κ1) is 17.4. The Morgan fingerprint density at radius 3 is 2.79 bits per heavy atom. The standard InChI is InChI=1S/C17H29N5OSi/c1-17(2,3)24(4,5)23-13-8-12(9-18-10-13)22-16-14-6-7-19-15(14)20-11-21-16/h6-7,11-13,18H,8-10H2,1-5H3,(H2,19,20,21,22)/t12-,13-/m1/s1. The van der Waals surface area contributed by atoms with Gasteiger partial charge in [0.1, 0.15) is 17.8 Å². The molecule has 3 rings (SSSR count). The maximum absolute atomic E-state index is 6.58. The molecular formula is C17H29N5OSi. The summed E-state index contributed by atoms with van der Waals surface area (Å²) in [6, 6.07) is 2.32. The van der Waals surface area contributed by atoms with Crippen LogP contribution in [0, 0.1) is 0 Å². The second kappa shape index (κ2) is 6.46.